The van der Waals surface area contributed by atoms with E-state index in [4.69, 9.17) is 9.47 Å². The Morgan fingerprint density at radius 2 is 0.500 bits per heavy atom. The molecule has 0 radical (unpaired) electrons. The van der Waals surface area contributed by atoms with Crippen LogP contribution in [-0.2, 0) is 0 Å². The lowest BCUT2D eigenvalue weighted by atomic mass is 9.35. The zero-order chi connectivity index (χ0) is 85.3. The van der Waals surface area contributed by atoms with Gasteiger partial charge in [0.15, 0.2) is 0 Å². The highest BCUT2D eigenvalue weighted by molar-refractivity contribution is 6.99. The lowest BCUT2D eigenvalue weighted by molar-refractivity contribution is 0.487. The molecule has 0 aliphatic carbocycles. The lowest BCUT2D eigenvalue weighted by Crippen LogP contribution is -2.52. The van der Waals surface area contributed by atoms with Gasteiger partial charge in [-0.3, -0.25) is 0 Å². The molecule has 0 aromatic heterocycles. The summed E-state index contributed by atoms with van der Waals surface area (Å²) in [5.74, 6) is 3.50. The van der Waals surface area contributed by atoms with E-state index in [9.17, 15) is 0 Å². The van der Waals surface area contributed by atoms with Gasteiger partial charge in [0.25, 0.3) is 0 Å². The molecule has 0 unspecified atom stereocenters. The summed E-state index contributed by atoms with van der Waals surface area (Å²) in [5.41, 5.74) is 19.0. The van der Waals surface area contributed by atoms with Gasteiger partial charge in [0.1, 0.15) is 23.0 Å². The van der Waals surface area contributed by atoms with Crippen molar-refractivity contribution in [2.45, 2.75) is 58.9 Å². The first-order valence-electron chi connectivity index (χ1n) is 44.3. The van der Waals surface area contributed by atoms with Crippen LogP contribution in [0.25, 0.3) is 119 Å². The molecule has 2 aliphatic heterocycles. The first-order valence-corrected chi connectivity index (χ1v) is 54.8. The van der Waals surface area contributed by atoms with Crippen LogP contribution in [0.1, 0.15) is 0 Å². The van der Waals surface area contributed by atoms with Crippen molar-refractivity contribution in [3.05, 3.63) is 406 Å². The first kappa shape index (κ1) is 78.0. The predicted molar refractivity (Wildman–Crippen MR) is 555 cm³/mol. The number of benzene rings is 21. The van der Waals surface area contributed by atoms with Gasteiger partial charge < -0.3 is 19.3 Å². The van der Waals surface area contributed by atoms with E-state index in [1.807, 2.05) is 0 Å². The molecule has 9 heteroatoms. The molecule has 0 fully saturated rings. The van der Waals surface area contributed by atoms with Crippen LogP contribution in [0, 0.1) is 0 Å². The van der Waals surface area contributed by atoms with Crippen LogP contribution in [0.2, 0.25) is 58.9 Å². The van der Waals surface area contributed by atoms with Crippen LogP contribution in [0.5, 0.6) is 23.0 Å². The molecule has 2 aliphatic rings. The van der Waals surface area contributed by atoms with Crippen LogP contribution >= 0.6 is 0 Å². The molecule has 0 saturated heterocycles. The number of fused-ring (bicyclic) bond motifs is 15. The largest absolute Gasteiger partial charge is 0.456 e. The van der Waals surface area contributed by atoms with Crippen molar-refractivity contribution in [1.82, 2.24) is 0 Å². The zero-order valence-electron chi connectivity index (χ0n) is 72.5. The average Bonchev–Trinajstić information content (AvgIpc) is 0.715. The topological polar surface area (TPSA) is 24.9 Å². The standard InChI is InChI=1S/C59H44BNOSi.C58H50BNOSi2/c1-63(2,3)46-32-29-43(30-33-46)61(44-28-27-39-15-7-8-17-41(39)35-44)45-31-34-50-54-37-52-48-22-11-12-23-49(48)56(38-53(52)51-24-14-26-57(59(51)54)62-58(50)36-45)60(42-19-5-4-6-20-42)55-25-13-18-40-16-9-10-21-47(40)55;1-62(2,3)44-31-26-41(27-32-44)60(42-28-33-45(34-29-42)63(4,5)6)43-30-35-49-53-37-51-47-21-12-13-22-48(47)55(38-52(51)50-23-15-25-56(58(50)53)61-57(49)36-43)59(40-18-8-7-9-19-40)54-24-14-17-39-16-10-11-20-46(39)54/h4-38H,1-3H3;7-38H,1-6H3. The summed E-state index contributed by atoms with van der Waals surface area (Å²) >= 11 is 0. The Balaban J connectivity index is 0.000000149. The summed E-state index contributed by atoms with van der Waals surface area (Å²) in [6, 6.07) is 151. The highest BCUT2D eigenvalue weighted by atomic mass is 28.3. The highest BCUT2D eigenvalue weighted by Gasteiger charge is 2.34. The maximum absolute atomic E-state index is 7.03. The van der Waals surface area contributed by atoms with E-state index in [-0.39, 0.29) is 13.4 Å². The Labute approximate surface area is 741 Å². The summed E-state index contributed by atoms with van der Waals surface area (Å²) < 4.78 is 14.1. The van der Waals surface area contributed by atoms with E-state index in [1.165, 1.54) is 146 Å². The predicted octanol–water partition coefficient (Wildman–Crippen LogP) is 26.9. The molecular weight excluding hydrogens is 1570 g/mol. The van der Waals surface area contributed by atoms with Crippen LogP contribution in [0.3, 0.4) is 0 Å². The van der Waals surface area contributed by atoms with Crippen molar-refractivity contribution >= 4 is 217 Å². The van der Waals surface area contributed by atoms with Gasteiger partial charge in [-0.25, -0.2) is 0 Å². The third kappa shape index (κ3) is 13.8. The van der Waals surface area contributed by atoms with Crippen molar-refractivity contribution < 1.29 is 9.47 Å². The number of nitrogens with zero attached hydrogens (tertiary/aromatic N) is 2. The van der Waals surface area contributed by atoms with Gasteiger partial charge in [-0.1, -0.05) is 405 Å². The van der Waals surface area contributed by atoms with Crippen molar-refractivity contribution in [3.63, 3.8) is 0 Å². The average molecular weight is 1670 g/mol. The van der Waals surface area contributed by atoms with Crippen molar-refractivity contribution in [1.29, 1.82) is 0 Å². The fourth-order valence-corrected chi connectivity index (χ4v) is 23.7. The minimum Gasteiger partial charge on any atom is -0.456 e. The third-order valence-electron chi connectivity index (χ3n) is 26.6. The molecule has 0 bridgehead atoms. The second-order valence-corrected chi connectivity index (χ2v) is 52.6. The van der Waals surface area contributed by atoms with E-state index in [2.05, 4.69) is 475 Å². The van der Waals surface area contributed by atoms with Crippen LogP contribution in [-0.4, -0.2) is 37.6 Å². The zero-order valence-corrected chi connectivity index (χ0v) is 75.5. The van der Waals surface area contributed by atoms with Crippen LogP contribution in [0.15, 0.2) is 406 Å². The second-order valence-electron chi connectivity index (χ2n) is 37.4. The van der Waals surface area contributed by atoms with Crippen molar-refractivity contribution in [3.8, 4) is 45.3 Å². The summed E-state index contributed by atoms with van der Waals surface area (Å²) in [6.07, 6.45) is 0. The summed E-state index contributed by atoms with van der Waals surface area (Å²) in [5, 5.41) is 26.6. The fourth-order valence-electron chi connectivity index (χ4n) is 20.2. The van der Waals surface area contributed by atoms with E-state index >= 15 is 0 Å². The Bertz CT molecular complexity index is 7850. The minimum absolute atomic E-state index is 0.0186. The van der Waals surface area contributed by atoms with Gasteiger partial charge in [0.2, 0.25) is 13.4 Å². The number of anilines is 6. The molecule has 126 heavy (non-hydrogen) atoms. The summed E-state index contributed by atoms with van der Waals surface area (Å²) in [4.78, 5) is 4.75. The number of hydrogen-bond acceptors (Lipinski definition) is 4. The molecule has 21 aromatic carbocycles. The number of hydrogen-bond donors (Lipinski definition) is 0. The molecule has 0 amide bonds. The molecule has 0 spiro atoms. The smallest absolute Gasteiger partial charge is 0.242 e. The first-order chi connectivity index (χ1) is 61.4. The monoisotopic (exact) mass is 1660 g/mol. The number of rotatable bonds is 15. The quantitative estimate of drug-likeness (QED) is 0.0754. The van der Waals surface area contributed by atoms with Crippen molar-refractivity contribution in [2.24, 2.45) is 0 Å². The van der Waals surface area contributed by atoms with Gasteiger partial charge in [-0.15, -0.1) is 0 Å². The van der Waals surface area contributed by atoms with Gasteiger partial charge >= 0.3 is 0 Å². The van der Waals surface area contributed by atoms with E-state index < -0.39 is 24.2 Å². The molecule has 23 rings (SSSR count). The summed E-state index contributed by atoms with van der Waals surface area (Å²) in [7, 11) is -4.44. The molecule has 0 N–H and O–H groups in total. The van der Waals surface area contributed by atoms with Crippen molar-refractivity contribution in [2.75, 3.05) is 9.80 Å². The van der Waals surface area contributed by atoms with Gasteiger partial charge in [-0.05, 0) is 194 Å². The Morgan fingerprint density at radius 3 is 0.913 bits per heavy atom. The number of ether oxygens (including phenoxy) is 2. The second kappa shape index (κ2) is 31.0. The van der Waals surface area contributed by atoms with Gasteiger partial charge in [0, 0.05) is 68.2 Å². The molecule has 2 heterocycles. The highest BCUT2D eigenvalue weighted by Crippen LogP contribution is 2.54. The Hall–Kier alpha value is -14.1. The van der Waals surface area contributed by atoms with E-state index in [1.54, 1.807) is 0 Å². The molecular formula is C117H94B2N2O2Si3. The van der Waals surface area contributed by atoms with Gasteiger partial charge in [-0.2, -0.15) is 0 Å². The molecule has 0 atom stereocenters. The SMILES string of the molecule is C[Si](C)(C)c1ccc(N(c2ccc([Si](C)(C)C)cc2)c2ccc3c(c2)Oc2cccc4c2c-3cc2c3ccccc3c(B(c3ccccc3)c3cccc5ccccc35)cc42)cc1.C[Si](C)(C)c1ccc(N(c2ccc3c(c2)Oc2cccc4c2c-3cc2c3ccccc3c(B(c3ccccc3)c3cccc5ccccc35)cc42)c2ccc3ccccc3c2)cc1. The normalized spacial score (nSPS) is 12.3. The fraction of sp³-hybridized carbons (Fsp3) is 0.0769. The Morgan fingerprint density at radius 1 is 0.190 bits per heavy atom. The minimum atomic E-state index is -1.49. The molecule has 4 nitrogen and oxygen atoms in total. The van der Waals surface area contributed by atoms with E-state index in [0.717, 1.165) is 79.0 Å². The van der Waals surface area contributed by atoms with E-state index in [0.29, 0.717) is 0 Å². The summed E-state index contributed by atoms with van der Waals surface area (Å²) in [6.45, 7) is 21.7. The lowest BCUT2D eigenvalue weighted by Gasteiger charge is -2.29. The maximum atomic E-state index is 7.03. The van der Waals surface area contributed by atoms with Crippen LogP contribution < -0.4 is 67.6 Å². The molecule has 21 aromatic rings. The Kier molecular flexibility index (Phi) is 19.2. The molecule has 602 valence electrons. The van der Waals surface area contributed by atoms with Crippen LogP contribution in [0.4, 0.5) is 34.1 Å². The van der Waals surface area contributed by atoms with Gasteiger partial charge in [0.05, 0.1) is 24.2 Å². The third-order valence-corrected chi connectivity index (χ3v) is 32.8. The molecule has 0 saturated carbocycles. The maximum Gasteiger partial charge on any atom is 0.242 e.